The number of benzene rings is 1. The third kappa shape index (κ3) is 5.97. The van der Waals surface area contributed by atoms with Gasteiger partial charge in [0.2, 0.25) is 11.8 Å². The lowest BCUT2D eigenvalue weighted by atomic mass is 10.1. The molecule has 1 aliphatic heterocycles. The maximum Gasteiger partial charge on any atom is 0.239 e. The number of hydrogen-bond acceptors (Lipinski definition) is 12. The lowest BCUT2D eigenvalue weighted by Crippen LogP contribution is -2.37. The van der Waals surface area contributed by atoms with Crippen molar-refractivity contribution in [1.29, 1.82) is 0 Å². The molecule has 0 bridgehead atoms. The first kappa shape index (κ1) is 29.9. The van der Waals surface area contributed by atoms with E-state index in [0.717, 1.165) is 22.6 Å². The number of ether oxygens (including phenoxy) is 2. The van der Waals surface area contributed by atoms with E-state index in [-0.39, 0.29) is 0 Å². The van der Waals surface area contributed by atoms with Crippen LogP contribution in [0.5, 0.6) is 5.88 Å². The highest BCUT2D eigenvalue weighted by Crippen LogP contribution is 2.42. The molecule has 5 heterocycles. The van der Waals surface area contributed by atoms with Crippen molar-refractivity contribution in [1.82, 2.24) is 34.7 Å². The zero-order valence-corrected chi connectivity index (χ0v) is 27.5. The van der Waals surface area contributed by atoms with E-state index in [0.29, 0.717) is 76.1 Å². The molecule has 0 radical (unpaired) electrons. The highest BCUT2D eigenvalue weighted by molar-refractivity contribution is 9.10. The number of aromatic nitrogens is 7. The predicted octanol–water partition coefficient (Wildman–Crippen LogP) is 4.87. The quantitative estimate of drug-likeness (QED) is 0.216. The molecule has 6 rings (SSSR count). The van der Waals surface area contributed by atoms with E-state index < -0.39 is 7.14 Å². The Morgan fingerprint density at radius 2 is 1.80 bits per heavy atom. The van der Waals surface area contributed by atoms with Crippen LogP contribution in [-0.2, 0) is 16.3 Å². The summed E-state index contributed by atoms with van der Waals surface area (Å²) in [7, 11) is 0.712. The maximum atomic E-state index is 13.4. The van der Waals surface area contributed by atoms with Gasteiger partial charge < -0.3 is 29.6 Å². The summed E-state index contributed by atoms with van der Waals surface area (Å²) < 4.78 is 27.2. The van der Waals surface area contributed by atoms with E-state index in [4.69, 9.17) is 19.4 Å². The van der Waals surface area contributed by atoms with Gasteiger partial charge in [0.15, 0.2) is 0 Å². The molecule has 5 aromatic rings. The van der Waals surface area contributed by atoms with Crippen molar-refractivity contribution >= 4 is 68.4 Å². The van der Waals surface area contributed by atoms with Crippen LogP contribution < -0.4 is 25.6 Å². The van der Waals surface area contributed by atoms with Crippen molar-refractivity contribution in [2.24, 2.45) is 7.05 Å². The minimum absolute atomic E-state index is 0.307. The van der Waals surface area contributed by atoms with E-state index in [9.17, 15) is 4.57 Å². The van der Waals surface area contributed by atoms with Gasteiger partial charge in [0.25, 0.3) is 0 Å². The fourth-order valence-electron chi connectivity index (χ4n) is 5.24. The van der Waals surface area contributed by atoms with Crippen LogP contribution in [0.1, 0.15) is 5.69 Å². The third-order valence-electron chi connectivity index (χ3n) is 7.17. The number of methoxy groups -OCH3 is 1. The predicted molar refractivity (Wildman–Crippen MR) is 176 cm³/mol. The fraction of sp³-hybridized carbons (Fsp3) is 0.310. The first-order valence-electron chi connectivity index (χ1n) is 13.9. The fourth-order valence-corrected chi connectivity index (χ4v) is 6.92. The number of pyridine rings is 1. The average Bonchev–Trinajstić information content (AvgIpc) is 3.35. The van der Waals surface area contributed by atoms with Gasteiger partial charge in [0, 0.05) is 56.1 Å². The highest BCUT2D eigenvalue weighted by Gasteiger charge is 2.25. The molecular weight excluding hydrogens is 647 g/mol. The van der Waals surface area contributed by atoms with Gasteiger partial charge >= 0.3 is 0 Å². The summed E-state index contributed by atoms with van der Waals surface area (Å²) in [6, 6.07) is 5.67. The van der Waals surface area contributed by atoms with Crippen LogP contribution >= 0.6 is 23.1 Å². The molecule has 4 aromatic heterocycles. The Morgan fingerprint density at radius 1 is 1.02 bits per heavy atom. The Morgan fingerprint density at radius 3 is 2.50 bits per heavy atom. The largest absolute Gasteiger partial charge is 0.479 e. The minimum Gasteiger partial charge on any atom is -0.479 e. The number of rotatable bonds is 8. The molecule has 13 nitrogen and oxygen atoms in total. The summed E-state index contributed by atoms with van der Waals surface area (Å²) in [6.07, 6.45) is 6.84. The number of aryl methyl sites for hydroxylation is 2. The molecule has 0 saturated carbocycles. The van der Waals surface area contributed by atoms with Crippen molar-refractivity contribution in [3.63, 3.8) is 0 Å². The van der Waals surface area contributed by atoms with Gasteiger partial charge in [0.05, 0.1) is 47.0 Å². The van der Waals surface area contributed by atoms with Crippen LogP contribution in [0.3, 0.4) is 0 Å². The molecule has 1 aromatic carbocycles. The van der Waals surface area contributed by atoms with E-state index in [1.165, 1.54) is 0 Å². The molecule has 0 spiro atoms. The van der Waals surface area contributed by atoms with Crippen molar-refractivity contribution in [3.8, 4) is 17.0 Å². The second-order valence-electron chi connectivity index (χ2n) is 10.7. The molecule has 15 heteroatoms. The molecular formula is C29H32BrN10O3P. The zero-order chi connectivity index (χ0) is 31.0. The van der Waals surface area contributed by atoms with Crippen molar-refractivity contribution < 1.29 is 14.0 Å². The summed E-state index contributed by atoms with van der Waals surface area (Å²) in [5.41, 5.74) is 5.21. The zero-order valence-electron chi connectivity index (χ0n) is 25.0. The Kier molecular flexibility index (Phi) is 8.23. The summed E-state index contributed by atoms with van der Waals surface area (Å²) in [4.78, 5) is 25.2. The second kappa shape index (κ2) is 12.1. The minimum atomic E-state index is -2.77. The summed E-state index contributed by atoms with van der Waals surface area (Å²) >= 11 is 3.56. The molecule has 1 saturated heterocycles. The number of nitrogens with one attached hydrogen (secondary N) is 2. The van der Waals surface area contributed by atoms with Crippen LogP contribution in [0, 0.1) is 6.92 Å². The smallest absolute Gasteiger partial charge is 0.239 e. The van der Waals surface area contributed by atoms with Crippen LogP contribution in [0.2, 0.25) is 0 Å². The van der Waals surface area contributed by atoms with E-state index in [2.05, 4.69) is 51.5 Å². The van der Waals surface area contributed by atoms with E-state index >= 15 is 0 Å². The van der Waals surface area contributed by atoms with E-state index in [1.807, 2.05) is 38.4 Å². The molecule has 0 aliphatic carbocycles. The van der Waals surface area contributed by atoms with Crippen LogP contribution in [0.15, 0.2) is 47.5 Å². The Hall–Kier alpha value is -4.13. The van der Waals surface area contributed by atoms with Crippen LogP contribution in [0.25, 0.3) is 22.2 Å². The number of hydrogen-bond donors (Lipinski definition) is 2. The normalized spacial score (nSPS) is 13.7. The topological polar surface area (TPSA) is 145 Å². The van der Waals surface area contributed by atoms with Gasteiger partial charge in [-0.25, -0.2) is 4.98 Å². The number of morpholine rings is 1. The number of fused-ring (bicyclic) bond motifs is 1. The Labute approximate surface area is 263 Å². The summed E-state index contributed by atoms with van der Waals surface area (Å²) in [5, 5.41) is 11.8. The molecule has 2 N–H and O–H groups in total. The highest BCUT2D eigenvalue weighted by atomic mass is 79.9. The molecule has 1 fully saturated rings. The lowest BCUT2D eigenvalue weighted by molar-refractivity contribution is 0.122. The molecule has 0 atom stereocenters. The maximum absolute atomic E-state index is 13.4. The van der Waals surface area contributed by atoms with Gasteiger partial charge in [-0.3, -0.25) is 14.6 Å². The van der Waals surface area contributed by atoms with Crippen molar-refractivity contribution in [2.45, 2.75) is 6.92 Å². The molecule has 0 amide bonds. The lowest BCUT2D eigenvalue weighted by Gasteiger charge is -2.30. The molecule has 228 valence electrons. The number of halogens is 1. The summed E-state index contributed by atoms with van der Waals surface area (Å²) in [5.74, 6) is 1.97. The monoisotopic (exact) mass is 678 g/mol. The van der Waals surface area contributed by atoms with E-state index in [1.54, 1.807) is 43.7 Å². The van der Waals surface area contributed by atoms with Gasteiger partial charge in [-0.15, -0.1) is 0 Å². The first-order chi connectivity index (χ1) is 21.1. The van der Waals surface area contributed by atoms with Gasteiger partial charge in [0.1, 0.15) is 30.0 Å². The number of anilines is 5. The first-order valence-corrected chi connectivity index (χ1v) is 17.3. The average molecular weight is 680 g/mol. The van der Waals surface area contributed by atoms with Crippen molar-refractivity contribution in [2.75, 3.05) is 62.3 Å². The van der Waals surface area contributed by atoms with Crippen LogP contribution in [0.4, 0.5) is 29.0 Å². The molecule has 1 aliphatic rings. The Bertz CT molecular complexity index is 1900. The third-order valence-corrected chi connectivity index (χ3v) is 9.28. The molecule has 0 unspecified atom stereocenters. The Balaban J connectivity index is 1.40. The second-order valence-corrected chi connectivity index (χ2v) is 14.7. The summed E-state index contributed by atoms with van der Waals surface area (Å²) in [6.45, 7) is 8.07. The van der Waals surface area contributed by atoms with Gasteiger partial charge in [-0.2, -0.15) is 15.1 Å². The van der Waals surface area contributed by atoms with Gasteiger partial charge in [-0.1, -0.05) is 0 Å². The number of nitrogens with zero attached hydrogens (tertiary/aromatic N) is 8. The van der Waals surface area contributed by atoms with Crippen molar-refractivity contribution in [3.05, 3.63) is 53.2 Å². The van der Waals surface area contributed by atoms with Crippen LogP contribution in [-0.4, -0.2) is 81.4 Å². The van der Waals surface area contributed by atoms with Gasteiger partial charge in [-0.05, 0) is 54.4 Å². The molecule has 44 heavy (non-hydrogen) atoms. The SMILES string of the molecule is COc1nc(N2CCOCC2)c(-c2cn(C)nc2C)cc1Nc1ncc(Br)c(Nc2ccc3nccnc3c2P(C)(C)=O)n1. The standard InChI is InChI=1S/C29H32BrN10O3P/c1-17-19(16-39(2)38-17)18-14-23(28(42-3)37-27(18)40-10-12-43-13-11-40)35-29-33-15-20(30)26(36-29)34-22-7-6-21-24(32-9-8-31-21)25(22)44(4,5)41/h6-9,14-16H,10-13H2,1-5H3,(H2,33,34,35,36).